The number of rotatable bonds is 2. The summed E-state index contributed by atoms with van der Waals surface area (Å²) in [6.07, 6.45) is 0. The van der Waals surface area contributed by atoms with Gasteiger partial charge in [-0.3, -0.25) is 0 Å². The van der Waals surface area contributed by atoms with E-state index in [-0.39, 0.29) is 17.8 Å². The van der Waals surface area contributed by atoms with Crippen LogP contribution in [0, 0.1) is 5.82 Å². The summed E-state index contributed by atoms with van der Waals surface area (Å²) in [6.45, 7) is 1.46. The molecule has 0 aromatic heterocycles. The Morgan fingerprint density at radius 3 is 2.87 bits per heavy atom. The van der Waals surface area contributed by atoms with Gasteiger partial charge in [-0.1, -0.05) is 0 Å². The molecule has 1 aromatic rings. The molecule has 1 fully saturated rings. The van der Waals surface area contributed by atoms with Gasteiger partial charge in [0, 0.05) is 25.0 Å². The fourth-order valence-electron chi connectivity index (χ4n) is 1.97. The maximum Gasteiger partial charge on any atom is 0.127 e. The van der Waals surface area contributed by atoms with E-state index in [1.54, 1.807) is 19.2 Å². The molecule has 82 valence electrons. The predicted octanol–water partition coefficient (Wildman–Crippen LogP) is 0.848. The first-order valence-corrected chi connectivity index (χ1v) is 5.02. The van der Waals surface area contributed by atoms with E-state index in [9.17, 15) is 4.39 Å². The zero-order valence-corrected chi connectivity index (χ0v) is 8.66. The Labute approximate surface area is 88.4 Å². The van der Waals surface area contributed by atoms with Gasteiger partial charge in [0.15, 0.2) is 0 Å². The van der Waals surface area contributed by atoms with Crippen molar-refractivity contribution in [3.05, 3.63) is 29.6 Å². The van der Waals surface area contributed by atoms with Crippen molar-refractivity contribution in [1.82, 2.24) is 5.32 Å². The van der Waals surface area contributed by atoms with Crippen LogP contribution in [0.3, 0.4) is 0 Å². The third kappa shape index (κ3) is 1.96. The van der Waals surface area contributed by atoms with Gasteiger partial charge in [-0.2, -0.15) is 0 Å². The van der Waals surface area contributed by atoms with Crippen LogP contribution in [0.2, 0.25) is 0 Å². The quantitative estimate of drug-likeness (QED) is 0.760. The van der Waals surface area contributed by atoms with E-state index in [4.69, 9.17) is 10.5 Å². The number of methoxy groups -OCH3 is 1. The number of nitrogens with one attached hydrogen (secondary N) is 1. The third-order valence-corrected chi connectivity index (χ3v) is 2.86. The van der Waals surface area contributed by atoms with Crippen LogP contribution in [-0.2, 0) is 0 Å². The van der Waals surface area contributed by atoms with Crippen LogP contribution in [-0.4, -0.2) is 26.2 Å². The van der Waals surface area contributed by atoms with Crippen LogP contribution < -0.4 is 15.8 Å². The SMILES string of the molecule is COc1ccc(F)c(C2CNCC2N)c1. The molecule has 2 atom stereocenters. The van der Waals surface area contributed by atoms with Gasteiger partial charge in [0.2, 0.25) is 0 Å². The van der Waals surface area contributed by atoms with E-state index >= 15 is 0 Å². The maximum absolute atomic E-state index is 13.6. The lowest BCUT2D eigenvalue weighted by atomic mass is 9.94. The minimum Gasteiger partial charge on any atom is -0.497 e. The Morgan fingerprint density at radius 2 is 2.27 bits per heavy atom. The second kappa shape index (κ2) is 4.16. The molecule has 1 aromatic carbocycles. The summed E-state index contributed by atoms with van der Waals surface area (Å²) < 4.78 is 18.7. The van der Waals surface area contributed by atoms with Crippen molar-refractivity contribution < 1.29 is 9.13 Å². The van der Waals surface area contributed by atoms with E-state index in [0.717, 1.165) is 13.1 Å². The highest BCUT2D eigenvalue weighted by Crippen LogP contribution is 2.27. The Bertz CT molecular complexity index is 356. The van der Waals surface area contributed by atoms with Crippen molar-refractivity contribution in [2.24, 2.45) is 5.73 Å². The molecule has 1 aliphatic heterocycles. The van der Waals surface area contributed by atoms with Gasteiger partial charge in [-0.25, -0.2) is 4.39 Å². The topological polar surface area (TPSA) is 47.3 Å². The van der Waals surface area contributed by atoms with Crippen LogP contribution in [0.4, 0.5) is 4.39 Å². The summed E-state index contributed by atoms with van der Waals surface area (Å²) in [4.78, 5) is 0. The summed E-state index contributed by atoms with van der Waals surface area (Å²) in [5, 5.41) is 3.15. The highest BCUT2D eigenvalue weighted by molar-refractivity contribution is 5.34. The smallest absolute Gasteiger partial charge is 0.127 e. The molecule has 0 aliphatic carbocycles. The Hall–Kier alpha value is -1.13. The molecule has 1 saturated heterocycles. The predicted molar refractivity (Wildman–Crippen MR) is 56.5 cm³/mol. The molecule has 15 heavy (non-hydrogen) atoms. The number of nitrogens with two attached hydrogens (primary N) is 1. The lowest BCUT2D eigenvalue weighted by Gasteiger charge is -2.16. The summed E-state index contributed by atoms with van der Waals surface area (Å²) in [5.41, 5.74) is 6.55. The van der Waals surface area contributed by atoms with Crippen LogP contribution in [0.15, 0.2) is 18.2 Å². The molecule has 4 heteroatoms. The molecule has 1 heterocycles. The molecule has 1 aliphatic rings. The van der Waals surface area contributed by atoms with Crippen molar-refractivity contribution in [2.75, 3.05) is 20.2 Å². The normalized spacial score (nSPS) is 25.5. The molecular formula is C11H15FN2O. The van der Waals surface area contributed by atoms with Gasteiger partial charge >= 0.3 is 0 Å². The van der Waals surface area contributed by atoms with Crippen molar-refractivity contribution >= 4 is 0 Å². The van der Waals surface area contributed by atoms with Crippen LogP contribution in [0.25, 0.3) is 0 Å². The summed E-state index contributed by atoms with van der Waals surface area (Å²) in [6, 6.07) is 4.75. The number of ether oxygens (including phenoxy) is 1. The molecule has 0 radical (unpaired) electrons. The molecule has 0 bridgehead atoms. The van der Waals surface area contributed by atoms with Crippen molar-refractivity contribution in [2.45, 2.75) is 12.0 Å². The standard InChI is InChI=1S/C11H15FN2O/c1-15-7-2-3-10(12)8(4-7)9-5-14-6-11(9)13/h2-4,9,11,14H,5-6,13H2,1H3. The summed E-state index contributed by atoms with van der Waals surface area (Å²) >= 11 is 0. The maximum atomic E-state index is 13.6. The average Bonchev–Trinajstić information content (AvgIpc) is 2.65. The average molecular weight is 210 g/mol. The van der Waals surface area contributed by atoms with Crippen LogP contribution in [0.5, 0.6) is 5.75 Å². The molecule has 3 N–H and O–H groups in total. The Balaban J connectivity index is 2.33. The molecule has 3 nitrogen and oxygen atoms in total. The number of hydrogen-bond donors (Lipinski definition) is 2. The Kier molecular flexibility index (Phi) is 2.88. The summed E-state index contributed by atoms with van der Waals surface area (Å²) in [5.74, 6) is 0.505. The first-order valence-electron chi connectivity index (χ1n) is 5.02. The number of hydrogen-bond acceptors (Lipinski definition) is 3. The van der Waals surface area contributed by atoms with E-state index < -0.39 is 0 Å². The highest BCUT2D eigenvalue weighted by Gasteiger charge is 2.27. The first kappa shape index (κ1) is 10.4. The summed E-state index contributed by atoms with van der Waals surface area (Å²) in [7, 11) is 1.57. The van der Waals surface area contributed by atoms with Crippen LogP contribution in [0.1, 0.15) is 11.5 Å². The largest absolute Gasteiger partial charge is 0.497 e. The molecule has 0 saturated carbocycles. The molecule has 2 rings (SSSR count). The second-order valence-corrected chi connectivity index (χ2v) is 3.82. The van der Waals surface area contributed by atoms with Crippen molar-refractivity contribution in [1.29, 1.82) is 0 Å². The van der Waals surface area contributed by atoms with Gasteiger partial charge < -0.3 is 15.8 Å². The molecule has 0 amide bonds. The zero-order valence-electron chi connectivity index (χ0n) is 8.66. The van der Waals surface area contributed by atoms with Crippen molar-refractivity contribution in [3.8, 4) is 5.75 Å². The first-order chi connectivity index (χ1) is 7.22. The van der Waals surface area contributed by atoms with E-state index in [1.807, 2.05) is 0 Å². The zero-order chi connectivity index (χ0) is 10.8. The van der Waals surface area contributed by atoms with Gasteiger partial charge in [0.25, 0.3) is 0 Å². The number of halogens is 1. The lowest BCUT2D eigenvalue weighted by molar-refractivity contribution is 0.411. The highest BCUT2D eigenvalue weighted by atomic mass is 19.1. The second-order valence-electron chi connectivity index (χ2n) is 3.82. The fraction of sp³-hybridized carbons (Fsp3) is 0.455. The van der Waals surface area contributed by atoms with E-state index in [2.05, 4.69) is 5.32 Å². The van der Waals surface area contributed by atoms with Crippen molar-refractivity contribution in [3.63, 3.8) is 0 Å². The molecule has 0 spiro atoms. The van der Waals surface area contributed by atoms with Gasteiger partial charge in [-0.05, 0) is 23.8 Å². The molecule has 2 unspecified atom stereocenters. The van der Waals surface area contributed by atoms with Gasteiger partial charge in [0.05, 0.1) is 7.11 Å². The third-order valence-electron chi connectivity index (χ3n) is 2.86. The van der Waals surface area contributed by atoms with E-state index in [1.165, 1.54) is 6.07 Å². The monoisotopic (exact) mass is 210 g/mol. The number of benzene rings is 1. The minimum atomic E-state index is -0.208. The van der Waals surface area contributed by atoms with Gasteiger partial charge in [-0.15, -0.1) is 0 Å². The minimum absolute atomic E-state index is 0.0217. The molecular weight excluding hydrogens is 195 g/mol. The van der Waals surface area contributed by atoms with Crippen LogP contribution >= 0.6 is 0 Å². The lowest BCUT2D eigenvalue weighted by Crippen LogP contribution is -2.28. The van der Waals surface area contributed by atoms with Gasteiger partial charge in [0.1, 0.15) is 11.6 Å². The van der Waals surface area contributed by atoms with E-state index in [0.29, 0.717) is 11.3 Å². The fourth-order valence-corrected chi connectivity index (χ4v) is 1.97. The Morgan fingerprint density at radius 1 is 1.47 bits per heavy atom.